The first-order chi connectivity index (χ1) is 9.06. The third kappa shape index (κ3) is 3.54. The number of rotatable bonds is 4. The molecule has 19 heavy (non-hydrogen) atoms. The predicted molar refractivity (Wildman–Crippen MR) is 73.4 cm³/mol. The van der Waals surface area contributed by atoms with Gasteiger partial charge in [-0.3, -0.25) is 4.79 Å². The summed E-state index contributed by atoms with van der Waals surface area (Å²) in [7, 11) is 0. The number of benzene rings is 2. The summed E-state index contributed by atoms with van der Waals surface area (Å²) in [6.45, 7) is 0.0847. The van der Waals surface area contributed by atoms with Crippen LogP contribution >= 0.6 is 15.9 Å². The van der Waals surface area contributed by atoms with Gasteiger partial charge in [-0.15, -0.1) is 0 Å². The third-order valence-corrected chi connectivity index (χ3v) is 3.02. The minimum atomic E-state index is -0.528. The molecule has 0 saturated carbocycles. The van der Waals surface area contributed by atoms with Gasteiger partial charge in [-0.05, 0) is 30.3 Å². The van der Waals surface area contributed by atoms with Crippen LogP contribution in [0.4, 0.5) is 4.39 Å². The van der Waals surface area contributed by atoms with Crippen molar-refractivity contribution < 1.29 is 13.9 Å². The van der Waals surface area contributed by atoms with Crippen LogP contribution in [0.25, 0.3) is 0 Å². The second-order valence-electron chi connectivity index (χ2n) is 3.92. The van der Waals surface area contributed by atoms with E-state index < -0.39 is 5.91 Å². The Kier molecular flexibility index (Phi) is 4.16. The Balaban J connectivity index is 2.10. The van der Waals surface area contributed by atoms with Gasteiger partial charge in [0.15, 0.2) is 0 Å². The van der Waals surface area contributed by atoms with Crippen molar-refractivity contribution in [3.63, 3.8) is 0 Å². The highest BCUT2D eigenvalue weighted by Gasteiger charge is 2.05. The molecule has 2 N–H and O–H groups in total. The SMILES string of the molecule is NC(=O)c1cccc(OCc2ccc(Br)cc2F)c1. The molecular weight excluding hydrogens is 313 g/mol. The van der Waals surface area contributed by atoms with Crippen molar-refractivity contribution in [2.24, 2.45) is 5.73 Å². The molecule has 98 valence electrons. The number of amides is 1. The molecule has 0 fully saturated rings. The second kappa shape index (κ2) is 5.84. The zero-order valence-corrected chi connectivity index (χ0v) is 11.5. The predicted octanol–water partition coefficient (Wildman–Crippen LogP) is 3.27. The van der Waals surface area contributed by atoms with Crippen molar-refractivity contribution in [1.82, 2.24) is 0 Å². The number of primary amides is 1. The Hall–Kier alpha value is -1.88. The van der Waals surface area contributed by atoms with Crippen LogP contribution in [0.5, 0.6) is 5.75 Å². The molecule has 2 rings (SSSR count). The van der Waals surface area contributed by atoms with Gasteiger partial charge in [0.25, 0.3) is 0 Å². The first-order valence-electron chi connectivity index (χ1n) is 5.53. The molecule has 0 atom stereocenters. The summed E-state index contributed by atoms with van der Waals surface area (Å²) in [5, 5.41) is 0. The fourth-order valence-corrected chi connectivity index (χ4v) is 1.87. The normalized spacial score (nSPS) is 10.2. The lowest BCUT2D eigenvalue weighted by Crippen LogP contribution is -2.10. The van der Waals surface area contributed by atoms with Crippen LogP contribution in [0.2, 0.25) is 0 Å². The number of nitrogens with two attached hydrogens (primary N) is 1. The molecule has 0 aliphatic rings. The molecule has 0 aliphatic carbocycles. The van der Waals surface area contributed by atoms with E-state index in [9.17, 15) is 9.18 Å². The Morgan fingerprint density at radius 2 is 2.05 bits per heavy atom. The Morgan fingerprint density at radius 1 is 1.26 bits per heavy atom. The summed E-state index contributed by atoms with van der Waals surface area (Å²) in [4.78, 5) is 11.0. The molecular formula is C14H11BrFNO2. The van der Waals surface area contributed by atoms with E-state index >= 15 is 0 Å². The molecule has 0 radical (unpaired) electrons. The van der Waals surface area contributed by atoms with Crippen LogP contribution in [0.3, 0.4) is 0 Å². The number of carbonyl (C=O) groups is 1. The zero-order valence-electron chi connectivity index (χ0n) is 9.90. The highest BCUT2D eigenvalue weighted by molar-refractivity contribution is 9.10. The molecule has 3 nitrogen and oxygen atoms in total. The molecule has 0 aromatic heterocycles. The van der Waals surface area contributed by atoms with Crippen molar-refractivity contribution >= 4 is 21.8 Å². The molecule has 1 amide bonds. The van der Waals surface area contributed by atoms with Crippen LogP contribution in [0.15, 0.2) is 46.9 Å². The lowest BCUT2D eigenvalue weighted by atomic mass is 10.2. The van der Waals surface area contributed by atoms with Gasteiger partial charge < -0.3 is 10.5 Å². The molecule has 0 unspecified atom stereocenters. The summed E-state index contributed by atoms with van der Waals surface area (Å²) in [6.07, 6.45) is 0. The first-order valence-corrected chi connectivity index (χ1v) is 6.32. The van der Waals surface area contributed by atoms with Crippen molar-refractivity contribution in [2.75, 3.05) is 0 Å². The van der Waals surface area contributed by atoms with Crippen molar-refractivity contribution in [3.8, 4) is 5.75 Å². The number of hydrogen-bond acceptors (Lipinski definition) is 2. The van der Waals surface area contributed by atoms with E-state index in [2.05, 4.69) is 15.9 Å². The molecule has 0 spiro atoms. The molecule has 0 heterocycles. The second-order valence-corrected chi connectivity index (χ2v) is 4.83. The minimum Gasteiger partial charge on any atom is -0.489 e. The van der Waals surface area contributed by atoms with Crippen LogP contribution in [-0.4, -0.2) is 5.91 Å². The Bertz CT molecular complexity index is 616. The van der Waals surface area contributed by atoms with Crippen LogP contribution in [-0.2, 0) is 6.61 Å². The third-order valence-electron chi connectivity index (χ3n) is 2.53. The first kappa shape index (κ1) is 13.5. The van der Waals surface area contributed by atoms with Gasteiger partial charge in [-0.25, -0.2) is 4.39 Å². The van der Waals surface area contributed by atoms with Gasteiger partial charge in [0, 0.05) is 15.6 Å². The van der Waals surface area contributed by atoms with E-state index in [1.54, 1.807) is 30.3 Å². The maximum atomic E-state index is 13.6. The standard InChI is InChI=1S/C14H11BrFNO2/c15-11-5-4-10(13(16)7-11)8-19-12-3-1-2-9(6-12)14(17)18/h1-7H,8H2,(H2,17,18). The minimum absolute atomic E-state index is 0.0847. The van der Waals surface area contributed by atoms with Gasteiger partial charge in [0.2, 0.25) is 5.91 Å². The van der Waals surface area contributed by atoms with Gasteiger partial charge in [-0.2, -0.15) is 0 Å². The largest absolute Gasteiger partial charge is 0.489 e. The smallest absolute Gasteiger partial charge is 0.248 e. The van der Waals surface area contributed by atoms with E-state index in [0.717, 1.165) is 0 Å². The molecule has 5 heteroatoms. The van der Waals surface area contributed by atoms with Crippen molar-refractivity contribution in [2.45, 2.75) is 6.61 Å². The average Bonchev–Trinajstić information content (AvgIpc) is 2.38. The Morgan fingerprint density at radius 3 is 2.74 bits per heavy atom. The lowest BCUT2D eigenvalue weighted by Gasteiger charge is -2.08. The number of hydrogen-bond donors (Lipinski definition) is 1. The highest BCUT2D eigenvalue weighted by Crippen LogP contribution is 2.18. The summed E-state index contributed by atoms with van der Waals surface area (Å²) < 4.78 is 19.7. The monoisotopic (exact) mass is 323 g/mol. The molecule has 0 aliphatic heterocycles. The fourth-order valence-electron chi connectivity index (χ4n) is 1.54. The zero-order chi connectivity index (χ0) is 13.8. The number of halogens is 2. The molecule has 0 bridgehead atoms. The van der Waals surface area contributed by atoms with Gasteiger partial charge in [0.1, 0.15) is 18.2 Å². The van der Waals surface area contributed by atoms with Gasteiger partial charge >= 0.3 is 0 Å². The van der Waals surface area contributed by atoms with Crippen LogP contribution < -0.4 is 10.5 Å². The summed E-state index contributed by atoms with van der Waals surface area (Å²) in [6, 6.07) is 11.2. The highest BCUT2D eigenvalue weighted by atomic mass is 79.9. The van der Waals surface area contributed by atoms with E-state index in [-0.39, 0.29) is 12.4 Å². The van der Waals surface area contributed by atoms with Crippen LogP contribution in [0, 0.1) is 5.82 Å². The Labute approximate surface area is 118 Å². The van der Waals surface area contributed by atoms with E-state index in [0.29, 0.717) is 21.3 Å². The van der Waals surface area contributed by atoms with Gasteiger partial charge in [0.05, 0.1) is 0 Å². The average molecular weight is 324 g/mol. The maximum Gasteiger partial charge on any atom is 0.248 e. The van der Waals surface area contributed by atoms with Crippen molar-refractivity contribution in [1.29, 1.82) is 0 Å². The molecule has 2 aromatic rings. The molecule has 2 aromatic carbocycles. The van der Waals surface area contributed by atoms with E-state index in [1.807, 2.05) is 0 Å². The fraction of sp³-hybridized carbons (Fsp3) is 0.0714. The summed E-state index contributed by atoms with van der Waals surface area (Å²) in [5.41, 5.74) is 5.96. The lowest BCUT2D eigenvalue weighted by molar-refractivity contribution is 0.1000. The quantitative estimate of drug-likeness (QED) is 0.938. The van der Waals surface area contributed by atoms with E-state index in [1.165, 1.54) is 12.1 Å². The van der Waals surface area contributed by atoms with Crippen molar-refractivity contribution in [3.05, 3.63) is 63.9 Å². The van der Waals surface area contributed by atoms with E-state index in [4.69, 9.17) is 10.5 Å². The topological polar surface area (TPSA) is 52.3 Å². The summed E-state index contributed by atoms with van der Waals surface area (Å²) in [5.74, 6) is -0.403. The summed E-state index contributed by atoms with van der Waals surface area (Å²) >= 11 is 3.19. The van der Waals surface area contributed by atoms with Gasteiger partial charge in [-0.1, -0.05) is 28.1 Å². The molecule has 0 saturated heterocycles. The number of carbonyl (C=O) groups excluding carboxylic acids is 1. The van der Waals surface area contributed by atoms with Crippen LogP contribution in [0.1, 0.15) is 15.9 Å². The maximum absolute atomic E-state index is 13.6. The number of ether oxygens (including phenoxy) is 1.